The molecule has 1 aromatic heterocycles. The number of hydrogen-bond donors (Lipinski definition) is 1. The number of aromatic amines is 1. The number of carbonyl (C=O) groups is 1. The summed E-state index contributed by atoms with van der Waals surface area (Å²) in [5, 5.41) is 7.36. The summed E-state index contributed by atoms with van der Waals surface area (Å²) in [4.78, 5) is 16.9. The van der Waals surface area contributed by atoms with Gasteiger partial charge in [0, 0.05) is 18.7 Å². The van der Waals surface area contributed by atoms with Crippen LogP contribution in [0.1, 0.15) is 43.8 Å². The molecule has 1 atom stereocenters. The van der Waals surface area contributed by atoms with Crippen LogP contribution in [0.15, 0.2) is 30.5 Å². The molecule has 1 unspecified atom stereocenters. The van der Waals surface area contributed by atoms with Gasteiger partial charge < -0.3 is 4.90 Å². The van der Waals surface area contributed by atoms with Gasteiger partial charge in [-0.1, -0.05) is 12.1 Å². The van der Waals surface area contributed by atoms with Crippen molar-refractivity contribution in [1.29, 1.82) is 0 Å². The van der Waals surface area contributed by atoms with Crippen LogP contribution in [0.25, 0.3) is 11.1 Å². The number of halogens is 1. The minimum Gasteiger partial charge on any atom is -0.342 e. The number of rotatable bonds is 4. The second-order valence-electron chi connectivity index (χ2n) is 7.27. The maximum Gasteiger partial charge on any atom is 0.236 e. The lowest BCUT2D eigenvalue weighted by Crippen LogP contribution is -2.42. The molecule has 138 valence electrons. The van der Waals surface area contributed by atoms with Crippen molar-refractivity contribution in [2.24, 2.45) is 0 Å². The van der Waals surface area contributed by atoms with E-state index in [9.17, 15) is 9.18 Å². The summed E-state index contributed by atoms with van der Waals surface area (Å²) in [7, 11) is 0. The predicted octanol–water partition coefficient (Wildman–Crippen LogP) is 3.37. The molecule has 0 bridgehead atoms. The zero-order chi connectivity index (χ0) is 17.9. The normalized spacial score (nSPS) is 21.3. The van der Waals surface area contributed by atoms with Gasteiger partial charge in [-0.25, -0.2) is 4.39 Å². The second-order valence-corrected chi connectivity index (χ2v) is 7.27. The molecule has 1 N–H and O–H groups in total. The first-order chi connectivity index (χ1) is 12.7. The van der Waals surface area contributed by atoms with Crippen molar-refractivity contribution in [2.75, 3.05) is 26.2 Å². The molecule has 2 aliphatic rings. The van der Waals surface area contributed by atoms with Crippen LogP contribution in [-0.4, -0.2) is 52.1 Å². The SMILES string of the molecule is O=C(CN1CCCC1c1[nH]ncc1-c1ccc(F)cc1)N1CCCCC1. The zero-order valence-corrected chi connectivity index (χ0v) is 15.0. The molecule has 0 aliphatic carbocycles. The van der Waals surface area contributed by atoms with E-state index in [4.69, 9.17) is 0 Å². The van der Waals surface area contributed by atoms with E-state index in [0.29, 0.717) is 6.54 Å². The predicted molar refractivity (Wildman–Crippen MR) is 98.0 cm³/mol. The summed E-state index contributed by atoms with van der Waals surface area (Å²) < 4.78 is 13.2. The molecule has 2 aliphatic heterocycles. The highest BCUT2D eigenvalue weighted by Gasteiger charge is 2.32. The van der Waals surface area contributed by atoms with Crippen LogP contribution in [-0.2, 0) is 4.79 Å². The number of benzene rings is 1. The second kappa shape index (κ2) is 7.58. The van der Waals surface area contributed by atoms with Gasteiger partial charge in [0.2, 0.25) is 5.91 Å². The lowest BCUT2D eigenvalue weighted by atomic mass is 10.0. The van der Waals surface area contributed by atoms with E-state index in [0.717, 1.165) is 62.1 Å². The first-order valence-electron chi connectivity index (χ1n) is 9.53. The Morgan fingerprint density at radius 2 is 1.88 bits per heavy atom. The molecule has 2 aromatic rings. The molecule has 3 heterocycles. The summed E-state index contributed by atoms with van der Waals surface area (Å²) in [6.07, 6.45) is 7.33. The van der Waals surface area contributed by atoms with E-state index < -0.39 is 0 Å². The van der Waals surface area contributed by atoms with Gasteiger partial charge in [-0.2, -0.15) is 5.10 Å². The molecule has 0 saturated carbocycles. The number of H-pyrrole nitrogens is 1. The number of piperidine rings is 1. The minimum atomic E-state index is -0.242. The van der Waals surface area contributed by atoms with Crippen LogP contribution in [0.5, 0.6) is 0 Å². The van der Waals surface area contributed by atoms with Crippen LogP contribution < -0.4 is 0 Å². The molecule has 2 saturated heterocycles. The highest BCUT2D eigenvalue weighted by molar-refractivity contribution is 5.78. The summed E-state index contributed by atoms with van der Waals surface area (Å²) in [6.45, 7) is 3.17. The number of nitrogens with zero attached hydrogens (tertiary/aromatic N) is 3. The molecular weight excluding hydrogens is 331 g/mol. The molecule has 2 fully saturated rings. The van der Waals surface area contributed by atoms with Gasteiger partial charge in [-0.15, -0.1) is 0 Å². The van der Waals surface area contributed by atoms with Gasteiger partial charge in [0.05, 0.1) is 24.5 Å². The Hall–Kier alpha value is -2.21. The summed E-state index contributed by atoms with van der Waals surface area (Å²) >= 11 is 0. The van der Waals surface area contributed by atoms with E-state index in [1.165, 1.54) is 18.6 Å². The monoisotopic (exact) mass is 356 g/mol. The molecule has 0 spiro atoms. The number of hydrogen-bond acceptors (Lipinski definition) is 3. The third-order valence-corrected chi connectivity index (χ3v) is 5.57. The fourth-order valence-electron chi connectivity index (χ4n) is 4.17. The quantitative estimate of drug-likeness (QED) is 0.914. The van der Waals surface area contributed by atoms with Gasteiger partial charge in [0.1, 0.15) is 5.82 Å². The van der Waals surface area contributed by atoms with Crippen LogP contribution in [0, 0.1) is 5.82 Å². The molecule has 5 nitrogen and oxygen atoms in total. The average molecular weight is 356 g/mol. The van der Waals surface area contributed by atoms with E-state index in [1.807, 2.05) is 4.90 Å². The lowest BCUT2D eigenvalue weighted by Gasteiger charge is -2.30. The Bertz CT molecular complexity index is 751. The number of amides is 1. The van der Waals surface area contributed by atoms with Crippen molar-refractivity contribution in [3.63, 3.8) is 0 Å². The van der Waals surface area contributed by atoms with Crippen molar-refractivity contribution < 1.29 is 9.18 Å². The molecule has 1 aromatic carbocycles. The highest BCUT2D eigenvalue weighted by atomic mass is 19.1. The third-order valence-electron chi connectivity index (χ3n) is 5.57. The summed E-state index contributed by atoms with van der Waals surface area (Å²) in [5.41, 5.74) is 2.97. The lowest BCUT2D eigenvalue weighted by molar-refractivity contribution is -0.133. The Kier molecular flexibility index (Phi) is 5.02. The molecule has 6 heteroatoms. The maximum atomic E-state index is 13.2. The fourth-order valence-corrected chi connectivity index (χ4v) is 4.17. The van der Waals surface area contributed by atoms with Crippen LogP contribution in [0.2, 0.25) is 0 Å². The van der Waals surface area contributed by atoms with Gasteiger partial charge in [-0.05, 0) is 56.3 Å². The Balaban J connectivity index is 1.51. The number of likely N-dealkylation sites (tertiary alicyclic amines) is 2. The number of nitrogens with one attached hydrogen (secondary N) is 1. The number of aromatic nitrogens is 2. The standard InChI is InChI=1S/C20H25FN4O/c21-16-8-6-15(7-9-16)17-13-22-23-20(17)18-5-4-12-25(18)14-19(26)24-10-2-1-3-11-24/h6-9,13,18H,1-5,10-12,14H2,(H,22,23). The largest absolute Gasteiger partial charge is 0.342 e. The topological polar surface area (TPSA) is 52.2 Å². The Morgan fingerprint density at radius 1 is 1.12 bits per heavy atom. The first kappa shape index (κ1) is 17.2. The Labute approximate surface area is 153 Å². The minimum absolute atomic E-state index is 0.159. The average Bonchev–Trinajstić information content (AvgIpc) is 3.32. The van der Waals surface area contributed by atoms with E-state index >= 15 is 0 Å². The Morgan fingerprint density at radius 3 is 2.65 bits per heavy atom. The third kappa shape index (κ3) is 3.51. The van der Waals surface area contributed by atoms with Crippen LogP contribution in [0.4, 0.5) is 4.39 Å². The number of carbonyl (C=O) groups excluding carboxylic acids is 1. The molecule has 0 radical (unpaired) electrons. The van der Waals surface area contributed by atoms with Gasteiger partial charge in [0.15, 0.2) is 0 Å². The van der Waals surface area contributed by atoms with Crippen molar-refractivity contribution in [2.45, 2.75) is 38.1 Å². The van der Waals surface area contributed by atoms with Crippen LogP contribution >= 0.6 is 0 Å². The van der Waals surface area contributed by atoms with E-state index in [1.54, 1.807) is 18.3 Å². The van der Waals surface area contributed by atoms with E-state index in [2.05, 4.69) is 15.1 Å². The van der Waals surface area contributed by atoms with Crippen molar-refractivity contribution >= 4 is 5.91 Å². The van der Waals surface area contributed by atoms with Crippen LogP contribution in [0.3, 0.4) is 0 Å². The molecular formula is C20H25FN4O. The fraction of sp³-hybridized carbons (Fsp3) is 0.500. The summed E-state index contributed by atoms with van der Waals surface area (Å²) in [6, 6.07) is 6.66. The highest BCUT2D eigenvalue weighted by Crippen LogP contribution is 2.36. The summed E-state index contributed by atoms with van der Waals surface area (Å²) in [5.74, 6) is -0.00661. The maximum absolute atomic E-state index is 13.2. The van der Waals surface area contributed by atoms with Gasteiger partial charge in [-0.3, -0.25) is 14.8 Å². The molecule has 1 amide bonds. The van der Waals surface area contributed by atoms with Gasteiger partial charge >= 0.3 is 0 Å². The van der Waals surface area contributed by atoms with Crippen molar-refractivity contribution in [3.05, 3.63) is 42.0 Å². The molecule has 4 rings (SSSR count). The van der Waals surface area contributed by atoms with E-state index in [-0.39, 0.29) is 17.8 Å². The van der Waals surface area contributed by atoms with Gasteiger partial charge in [0.25, 0.3) is 0 Å². The zero-order valence-electron chi connectivity index (χ0n) is 15.0. The smallest absolute Gasteiger partial charge is 0.236 e. The van der Waals surface area contributed by atoms with Crippen molar-refractivity contribution in [1.82, 2.24) is 20.0 Å². The molecule has 26 heavy (non-hydrogen) atoms. The van der Waals surface area contributed by atoms with Crippen molar-refractivity contribution in [3.8, 4) is 11.1 Å². The first-order valence-corrected chi connectivity index (χ1v) is 9.53.